The predicted molar refractivity (Wildman–Crippen MR) is 137 cm³/mol. The molecule has 0 aromatic heterocycles. The highest BCUT2D eigenvalue weighted by Gasteiger charge is 2.66. The van der Waals surface area contributed by atoms with Crippen molar-refractivity contribution in [2.24, 2.45) is 23.7 Å². The Balaban J connectivity index is 1.58. The number of imide groups is 1. The van der Waals surface area contributed by atoms with Crippen LogP contribution in [0.25, 0.3) is 0 Å². The summed E-state index contributed by atoms with van der Waals surface area (Å²) in [6, 6.07) is 3.49. The molecule has 3 fully saturated rings. The maximum atomic E-state index is 13.5. The maximum Gasteiger partial charge on any atom is 0.303 e. The molecule has 3 N–H and O–H groups in total. The minimum absolute atomic E-state index is 0.0375. The summed E-state index contributed by atoms with van der Waals surface area (Å²) in [5, 5.41) is 30.9. The van der Waals surface area contributed by atoms with E-state index in [0.717, 1.165) is 12.0 Å². The minimum atomic E-state index is -1.52. The van der Waals surface area contributed by atoms with Gasteiger partial charge < -0.3 is 24.8 Å². The number of hydrogen-bond donors (Lipinski definition) is 3. The van der Waals surface area contributed by atoms with E-state index in [-0.39, 0.29) is 36.4 Å². The molecule has 1 aromatic carbocycles. The van der Waals surface area contributed by atoms with Crippen molar-refractivity contribution < 1.29 is 39.2 Å². The van der Waals surface area contributed by atoms with Crippen molar-refractivity contribution in [1.29, 1.82) is 0 Å². The Bertz CT molecular complexity index is 1030. The van der Waals surface area contributed by atoms with Crippen LogP contribution in [0.15, 0.2) is 12.1 Å². The molecule has 0 bridgehead atoms. The van der Waals surface area contributed by atoms with Crippen LogP contribution in [-0.4, -0.2) is 57.4 Å². The van der Waals surface area contributed by atoms with Gasteiger partial charge in [-0.3, -0.25) is 19.3 Å². The number of nitrogens with zero attached hydrogens (tertiary/aromatic N) is 1. The number of carbonyl (C=O) groups is 3. The van der Waals surface area contributed by atoms with Crippen molar-refractivity contribution in [2.75, 3.05) is 13.7 Å². The number of aliphatic carboxylic acids is 1. The topological polar surface area (TPSA) is 134 Å². The molecule has 2 aliphatic heterocycles. The lowest BCUT2D eigenvalue weighted by molar-refractivity contribution is -0.270. The van der Waals surface area contributed by atoms with Crippen LogP contribution in [0.3, 0.4) is 0 Å². The number of carboxylic acid groups (broad SMARTS) is 1. The van der Waals surface area contributed by atoms with E-state index in [1.54, 1.807) is 12.1 Å². The zero-order valence-electron chi connectivity index (χ0n) is 20.6. The third-order valence-electron chi connectivity index (χ3n) is 8.01. The number of hydrogen-bond acceptors (Lipinski definition) is 7. The van der Waals surface area contributed by atoms with Gasteiger partial charge in [-0.05, 0) is 72.4 Å². The number of carbonyl (C=O) groups excluding carboxylic acids is 2. The largest absolute Gasteiger partial charge is 0.504 e. The third kappa shape index (κ3) is 4.83. The molecular weight excluding hydrogens is 581 g/mol. The van der Waals surface area contributed by atoms with Crippen LogP contribution in [0.4, 0.5) is 0 Å². The van der Waals surface area contributed by atoms with Crippen molar-refractivity contribution in [3.63, 3.8) is 0 Å². The fourth-order valence-corrected chi connectivity index (χ4v) is 6.94. The average Bonchev–Trinajstić information content (AvgIpc) is 3.30. The second-order valence-corrected chi connectivity index (χ2v) is 11.3. The molecule has 6 atom stereocenters. The monoisotopic (exact) mass is 615 g/mol. The van der Waals surface area contributed by atoms with Crippen molar-refractivity contribution in [2.45, 2.75) is 70.2 Å². The molecule has 2 heterocycles. The van der Waals surface area contributed by atoms with Crippen molar-refractivity contribution in [3.05, 3.63) is 21.3 Å². The number of aromatic hydroxyl groups is 1. The Morgan fingerprint density at radius 3 is 2.64 bits per heavy atom. The number of ether oxygens (including phenoxy) is 2. The molecule has 1 saturated carbocycles. The number of halogens is 1. The summed E-state index contributed by atoms with van der Waals surface area (Å²) in [6.45, 7) is 2.29. The summed E-state index contributed by atoms with van der Waals surface area (Å²) in [7, 11) is 1.47. The van der Waals surface area contributed by atoms with E-state index < -0.39 is 35.6 Å². The van der Waals surface area contributed by atoms with Gasteiger partial charge in [0, 0.05) is 24.8 Å². The summed E-state index contributed by atoms with van der Waals surface area (Å²) < 4.78 is 12.2. The minimum Gasteiger partial charge on any atom is -0.504 e. The first-order chi connectivity index (χ1) is 17.1. The molecule has 0 radical (unpaired) electrons. The van der Waals surface area contributed by atoms with E-state index in [4.69, 9.17) is 14.6 Å². The summed E-state index contributed by atoms with van der Waals surface area (Å²) >= 11 is 2.02. The molecule has 9 nitrogen and oxygen atoms in total. The molecule has 4 rings (SSSR count). The fraction of sp³-hybridized carbons (Fsp3) is 0.654. The molecule has 36 heavy (non-hydrogen) atoms. The van der Waals surface area contributed by atoms with Crippen LogP contribution >= 0.6 is 22.6 Å². The van der Waals surface area contributed by atoms with Crippen molar-refractivity contribution in [3.8, 4) is 11.5 Å². The number of phenols is 1. The lowest BCUT2D eigenvalue weighted by Crippen LogP contribution is -2.53. The van der Waals surface area contributed by atoms with Gasteiger partial charge in [-0.2, -0.15) is 0 Å². The van der Waals surface area contributed by atoms with Gasteiger partial charge in [0.2, 0.25) is 11.8 Å². The van der Waals surface area contributed by atoms with Gasteiger partial charge in [0.1, 0.15) is 0 Å². The van der Waals surface area contributed by atoms with Gasteiger partial charge in [-0.15, -0.1) is 0 Å². The molecule has 2 amide bonds. The smallest absolute Gasteiger partial charge is 0.303 e. The number of phenolic OH excluding ortho intramolecular Hbond substituents is 1. The Hall–Kier alpha value is -1.92. The second-order valence-electron chi connectivity index (χ2n) is 10.1. The van der Waals surface area contributed by atoms with Gasteiger partial charge in [0.15, 0.2) is 17.3 Å². The summed E-state index contributed by atoms with van der Waals surface area (Å²) in [5.74, 6) is -4.39. The van der Waals surface area contributed by atoms with E-state index in [9.17, 15) is 24.6 Å². The zero-order valence-corrected chi connectivity index (χ0v) is 22.8. The first-order valence-electron chi connectivity index (χ1n) is 12.7. The molecule has 198 valence electrons. The fourth-order valence-electron chi connectivity index (χ4n) is 6.31. The summed E-state index contributed by atoms with van der Waals surface area (Å²) in [4.78, 5) is 38.9. The highest BCUT2D eigenvalue weighted by Crippen LogP contribution is 2.59. The Morgan fingerprint density at radius 1 is 1.22 bits per heavy atom. The number of methoxy groups -OCH3 is 1. The third-order valence-corrected chi connectivity index (χ3v) is 8.83. The number of aliphatic hydroxyl groups is 1. The standard InChI is InChI=1S/C26H34INO8/c1-3-7-15-12-16-22(25(33)28(24(16)32)9-6-4-5-8-21(29)30)17-13-19(36-26(15,17)34)14-10-18(27)23(31)20(11-14)35-2/h10-11,15-17,19,22,31,34H,3-9,12-13H2,1-2H3,(H,29,30)/t15-,16-,17-,19-,22-,26+/m0/s1. The quantitative estimate of drug-likeness (QED) is 0.206. The summed E-state index contributed by atoms with van der Waals surface area (Å²) in [6.07, 6.45) is 3.52. The first-order valence-corrected chi connectivity index (χ1v) is 13.7. The number of benzene rings is 1. The van der Waals surface area contributed by atoms with Gasteiger partial charge in [-0.1, -0.05) is 19.8 Å². The van der Waals surface area contributed by atoms with Gasteiger partial charge in [0.05, 0.1) is 28.6 Å². The van der Waals surface area contributed by atoms with Crippen molar-refractivity contribution in [1.82, 2.24) is 4.90 Å². The van der Waals surface area contributed by atoms with E-state index in [0.29, 0.717) is 47.8 Å². The summed E-state index contributed by atoms with van der Waals surface area (Å²) in [5.41, 5.74) is 0.746. The SMILES string of the molecule is CCC[C@H]1C[C@@H]2C(=O)N(CCCCCC(=O)O)C(=O)[C@@H]2[C@@H]2C[C@@H](c3cc(I)c(O)c(OC)c3)O[C@]12O. The second kappa shape index (κ2) is 10.8. The van der Waals surface area contributed by atoms with Gasteiger partial charge in [0.25, 0.3) is 0 Å². The zero-order chi connectivity index (χ0) is 26.2. The molecule has 3 aliphatic rings. The van der Waals surface area contributed by atoms with E-state index in [2.05, 4.69) is 0 Å². The lowest BCUT2D eigenvalue weighted by Gasteiger charge is -2.44. The molecule has 0 spiro atoms. The molecule has 0 unspecified atom stereocenters. The molecular formula is C26H34INO8. The van der Waals surface area contributed by atoms with E-state index >= 15 is 0 Å². The van der Waals surface area contributed by atoms with Gasteiger partial charge >= 0.3 is 5.97 Å². The highest BCUT2D eigenvalue weighted by atomic mass is 127. The molecule has 2 saturated heterocycles. The van der Waals surface area contributed by atoms with Crippen LogP contribution in [0.1, 0.15) is 70.0 Å². The molecule has 1 aliphatic carbocycles. The number of carboxylic acids is 1. The van der Waals surface area contributed by atoms with Crippen LogP contribution in [-0.2, 0) is 19.1 Å². The average molecular weight is 615 g/mol. The van der Waals surface area contributed by atoms with Crippen LogP contribution in [0.2, 0.25) is 0 Å². The Kier molecular flexibility index (Phi) is 8.16. The number of amides is 2. The van der Waals surface area contributed by atoms with Crippen LogP contribution in [0, 0.1) is 27.2 Å². The highest BCUT2D eigenvalue weighted by molar-refractivity contribution is 14.1. The first kappa shape index (κ1) is 27.1. The van der Waals surface area contributed by atoms with E-state index in [1.165, 1.54) is 12.0 Å². The predicted octanol–water partition coefficient (Wildman–Crippen LogP) is 3.84. The molecule has 10 heteroatoms. The van der Waals surface area contributed by atoms with Crippen LogP contribution < -0.4 is 4.74 Å². The van der Waals surface area contributed by atoms with E-state index in [1.807, 2.05) is 29.5 Å². The number of rotatable bonds is 10. The molecule has 1 aromatic rings. The van der Waals surface area contributed by atoms with Crippen LogP contribution in [0.5, 0.6) is 11.5 Å². The Labute approximate surface area is 224 Å². The normalized spacial score (nSPS) is 31.4. The van der Waals surface area contributed by atoms with Crippen molar-refractivity contribution >= 4 is 40.4 Å². The number of unbranched alkanes of at least 4 members (excludes halogenated alkanes) is 2. The number of fused-ring (bicyclic) bond motifs is 3. The van der Waals surface area contributed by atoms with Gasteiger partial charge in [-0.25, -0.2) is 0 Å². The maximum absolute atomic E-state index is 13.5. The Morgan fingerprint density at radius 2 is 1.97 bits per heavy atom. The lowest BCUT2D eigenvalue weighted by atomic mass is 9.63. The number of likely N-dealkylation sites (tertiary alicyclic amines) is 1.